The molecule has 28 heavy (non-hydrogen) atoms. The molecular weight excluding hydrogens is 370 g/mol. The first kappa shape index (κ1) is 18.4. The monoisotopic (exact) mass is 389 g/mol. The van der Waals surface area contributed by atoms with Gasteiger partial charge in [0.2, 0.25) is 0 Å². The predicted molar refractivity (Wildman–Crippen MR) is 108 cm³/mol. The fraction of sp³-hybridized carbons (Fsp3) is 0.318. The molecule has 2 heterocycles. The molecule has 0 radical (unpaired) electrons. The van der Waals surface area contributed by atoms with Crippen LogP contribution in [0.15, 0.2) is 30.5 Å². The van der Waals surface area contributed by atoms with Crippen LogP contribution in [0.2, 0.25) is 0 Å². The van der Waals surface area contributed by atoms with Crippen molar-refractivity contribution in [3.05, 3.63) is 46.5 Å². The van der Waals surface area contributed by atoms with Crippen LogP contribution in [0, 0.1) is 35.0 Å². The standard InChI is InChI=1S/C22H19N3O2S/c1-14-7-15(10-23)8-18(20(14)27-13-22(12-24)4-2-5-22)17-3-6-25-19-9-16(11-26)28-21(17)19/h3,6-9,26H,2,4-5,11,13H2,1H3. The summed E-state index contributed by atoms with van der Waals surface area (Å²) < 4.78 is 7.15. The maximum atomic E-state index is 9.52. The van der Waals surface area contributed by atoms with E-state index in [9.17, 15) is 15.6 Å². The van der Waals surface area contributed by atoms with Crippen LogP contribution < -0.4 is 4.74 Å². The molecule has 1 aliphatic rings. The number of nitriles is 2. The molecule has 140 valence electrons. The third-order valence-corrected chi connectivity index (χ3v) is 6.50. The number of hydrogen-bond acceptors (Lipinski definition) is 6. The minimum atomic E-state index is -0.405. The Balaban J connectivity index is 1.84. The Bertz CT molecular complexity index is 1130. The number of aliphatic hydroxyl groups is 1. The summed E-state index contributed by atoms with van der Waals surface area (Å²) in [5.74, 6) is 0.701. The SMILES string of the molecule is Cc1cc(C#N)cc(-c2ccnc3cc(CO)sc23)c1OCC1(C#N)CCC1. The fourth-order valence-corrected chi connectivity index (χ4v) is 4.61. The highest BCUT2D eigenvalue weighted by Crippen LogP contribution is 2.44. The third-order valence-electron chi connectivity index (χ3n) is 5.35. The Labute approximate surface area is 167 Å². The number of ether oxygens (including phenoxy) is 1. The largest absolute Gasteiger partial charge is 0.491 e. The summed E-state index contributed by atoms with van der Waals surface area (Å²) in [5, 5.41) is 28.5. The molecule has 1 N–H and O–H groups in total. The predicted octanol–water partition coefficient (Wildman–Crippen LogP) is 4.71. The molecule has 5 nitrogen and oxygen atoms in total. The fourth-order valence-electron chi connectivity index (χ4n) is 3.61. The van der Waals surface area contributed by atoms with Crippen molar-refractivity contribution in [2.75, 3.05) is 6.61 Å². The zero-order valence-corrected chi connectivity index (χ0v) is 16.3. The molecule has 3 aromatic rings. The number of aromatic nitrogens is 1. The van der Waals surface area contributed by atoms with Gasteiger partial charge < -0.3 is 9.84 Å². The van der Waals surface area contributed by atoms with Crippen LogP contribution in [0.1, 0.15) is 35.3 Å². The van der Waals surface area contributed by atoms with E-state index < -0.39 is 5.41 Å². The Morgan fingerprint density at radius 1 is 1.25 bits per heavy atom. The van der Waals surface area contributed by atoms with Gasteiger partial charge in [0.15, 0.2) is 0 Å². The lowest BCUT2D eigenvalue weighted by atomic mass is 9.71. The van der Waals surface area contributed by atoms with E-state index >= 15 is 0 Å². The van der Waals surface area contributed by atoms with Gasteiger partial charge in [-0.1, -0.05) is 6.42 Å². The highest BCUT2D eigenvalue weighted by Gasteiger charge is 2.38. The number of nitrogens with zero attached hydrogens (tertiary/aromatic N) is 3. The van der Waals surface area contributed by atoms with Gasteiger partial charge >= 0.3 is 0 Å². The number of benzene rings is 1. The first-order chi connectivity index (χ1) is 13.6. The number of hydrogen-bond donors (Lipinski definition) is 1. The summed E-state index contributed by atoms with van der Waals surface area (Å²) in [6.07, 6.45) is 4.50. The summed E-state index contributed by atoms with van der Waals surface area (Å²) >= 11 is 1.49. The zero-order valence-electron chi connectivity index (χ0n) is 15.5. The summed E-state index contributed by atoms with van der Waals surface area (Å²) in [5.41, 5.74) is 3.57. The summed E-state index contributed by atoms with van der Waals surface area (Å²) in [6, 6.07) is 12.1. The van der Waals surface area contributed by atoms with E-state index in [1.807, 2.05) is 31.2 Å². The minimum absolute atomic E-state index is 0.0359. The normalized spacial score (nSPS) is 14.9. The Kier molecular flexibility index (Phi) is 4.77. The smallest absolute Gasteiger partial charge is 0.130 e. The van der Waals surface area contributed by atoms with Crippen LogP contribution in [0.3, 0.4) is 0 Å². The van der Waals surface area contributed by atoms with Crippen molar-refractivity contribution in [3.8, 4) is 29.0 Å². The average molecular weight is 389 g/mol. The first-order valence-corrected chi connectivity index (χ1v) is 9.98. The molecule has 6 heteroatoms. The number of fused-ring (bicyclic) bond motifs is 1. The molecule has 1 aliphatic carbocycles. The van der Waals surface area contributed by atoms with Crippen molar-refractivity contribution in [1.82, 2.24) is 4.98 Å². The second-order valence-corrected chi connectivity index (χ2v) is 8.40. The molecule has 0 saturated heterocycles. The zero-order chi connectivity index (χ0) is 19.7. The van der Waals surface area contributed by atoms with Crippen LogP contribution in [-0.2, 0) is 6.61 Å². The minimum Gasteiger partial charge on any atom is -0.491 e. The van der Waals surface area contributed by atoms with Crippen LogP contribution in [0.25, 0.3) is 21.3 Å². The Morgan fingerprint density at radius 3 is 2.71 bits per heavy atom. The molecule has 1 fully saturated rings. The van der Waals surface area contributed by atoms with Crippen molar-refractivity contribution in [2.24, 2.45) is 5.41 Å². The van der Waals surface area contributed by atoms with Crippen molar-refractivity contribution < 1.29 is 9.84 Å². The summed E-state index contributed by atoms with van der Waals surface area (Å²) in [7, 11) is 0. The number of rotatable bonds is 5. The molecule has 0 amide bonds. The molecule has 0 spiro atoms. The Morgan fingerprint density at radius 2 is 2.07 bits per heavy atom. The summed E-state index contributed by atoms with van der Waals surface area (Å²) in [4.78, 5) is 5.24. The van der Waals surface area contributed by atoms with Crippen molar-refractivity contribution in [2.45, 2.75) is 32.8 Å². The van der Waals surface area contributed by atoms with E-state index in [1.165, 1.54) is 11.3 Å². The molecule has 1 aromatic carbocycles. The topological polar surface area (TPSA) is 89.9 Å². The second kappa shape index (κ2) is 7.24. The van der Waals surface area contributed by atoms with Crippen molar-refractivity contribution in [3.63, 3.8) is 0 Å². The van der Waals surface area contributed by atoms with Gasteiger partial charge in [-0.2, -0.15) is 10.5 Å². The maximum Gasteiger partial charge on any atom is 0.130 e. The lowest BCUT2D eigenvalue weighted by molar-refractivity contribution is 0.115. The molecule has 0 unspecified atom stereocenters. The molecule has 1 saturated carbocycles. The first-order valence-electron chi connectivity index (χ1n) is 9.16. The third kappa shape index (κ3) is 3.11. The van der Waals surface area contributed by atoms with Crippen LogP contribution in [-0.4, -0.2) is 16.7 Å². The van der Waals surface area contributed by atoms with Gasteiger partial charge in [-0.15, -0.1) is 11.3 Å². The van der Waals surface area contributed by atoms with Crippen LogP contribution >= 0.6 is 11.3 Å². The van der Waals surface area contributed by atoms with E-state index in [-0.39, 0.29) is 6.61 Å². The van der Waals surface area contributed by atoms with E-state index in [0.29, 0.717) is 17.9 Å². The van der Waals surface area contributed by atoms with E-state index in [1.54, 1.807) is 6.20 Å². The van der Waals surface area contributed by atoms with Crippen LogP contribution in [0.4, 0.5) is 0 Å². The lowest BCUT2D eigenvalue weighted by Crippen LogP contribution is -2.34. The quantitative estimate of drug-likeness (QED) is 0.682. The molecule has 0 bridgehead atoms. The molecule has 2 aromatic heterocycles. The van der Waals surface area contributed by atoms with E-state index in [0.717, 1.165) is 51.0 Å². The molecule has 4 rings (SSSR count). The maximum absolute atomic E-state index is 9.52. The van der Waals surface area contributed by atoms with Gasteiger partial charge in [-0.3, -0.25) is 4.98 Å². The molecule has 0 aliphatic heterocycles. The number of aliphatic hydroxyl groups excluding tert-OH is 1. The van der Waals surface area contributed by atoms with Gasteiger partial charge in [0, 0.05) is 22.2 Å². The molecule has 0 atom stereocenters. The van der Waals surface area contributed by atoms with Gasteiger partial charge in [0.1, 0.15) is 12.4 Å². The van der Waals surface area contributed by atoms with Crippen molar-refractivity contribution in [1.29, 1.82) is 10.5 Å². The number of aryl methyl sites for hydroxylation is 1. The number of thiophene rings is 1. The Hall–Kier alpha value is -2.93. The highest BCUT2D eigenvalue weighted by molar-refractivity contribution is 7.19. The van der Waals surface area contributed by atoms with Gasteiger partial charge in [-0.25, -0.2) is 0 Å². The van der Waals surface area contributed by atoms with Gasteiger partial charge in [0.25, 0.3) is 0 Å². The average Bonchev–Trinajstić information content (AvgIpc) is 3.11. The van der Waals surface area contributed by atoms with E-state index in [2.05, 4.69) is 17.1 Å². The highest BCUT2D eigenvalue weighted by atomic mass is 32.1. The van der Waals surface area contributed by atoms with Crippen LogP contribution in [0.5, 0.6) is 5.75 Å². The summed E-state index contributed by atoms with van der Waals surface area (Å²) in [6.45, 7) is 2.24. The lowest BCUT2D eigenvalue weighted by Gasteiger charge is -2.35. The van der Waals surface area contributed by atoms with Gasteiger partial charge in [-0.05, 0) is 49.6 Å². The molecular formula is C22H19N3O2S. The van der Waals surface area contributed by atoms with Gasteiger partial charge in [0.05, 0.1) is 39.9 Å². The second-order valence-electron chi connectivity index (χ2n) is 7.26. The van der Waals surface area contributed by atoms with Crippen molar-refractivity contribution >= 4 is 21.6 Å². The number of pyridine rings is 1. The van der Waals surface area contributed by atoms with E-state index in [4.69, 9.17) is 4.74 Å².